The zero-order chi connectivity index (χ0) is 22.8. The number of hydrogen-bond acceptors (Lipinski definition) is 4. The highest BCUT2D eigenvalue weighted by atomic mass is 35.5. The monoisotopic (exact) mass is 446 g/mol. The van der Waals surface area contributed by atoms with Crippen molar-refractivity contribution in [1.82, 2.24) is 0 Å². The molecule has 0 spiro atoms. The number of carbonyl (C=O) groups is 2. The first kappa shape index (κ1) is 21.7. The molecule has 1 N–H and O–H groups in total. The van der Waals surface area contributed by atoms with Gasteiger partial charge in [0, 0.05) is 10.7 Å². The molecular formula is C26H23ClN2O3. The highest BCUT2D eigenvalue weighted by molar-refractivity contribution is 6.46. The molecule has 5 nitrogen and oxygen atoms in total. The SMILES string of the molecule is Cc1cc(Cl)ccc1N1C(=O)C(Nc2ccc(OC(C)C)cc2)=C(c2ccccc2)C1=O. The minimum atomic E-state index is -0.415. The fourth-order valence-electron chi connectivity index (χ4n) is 3.64. The van der Waals surface area contributed by atoms with Crippen LogP contribution >= 0.6 is 11.6 Å². The molecule has 3 aromatic carbocycles. The molecule has 2 amide bonds. The van der Waals surface area contributed by atoms with E-state index in [0.717, 1.165) is 11.3 Å². The van der Waals surface area contributed by atoms with Crippen molar-refractivity contribution in [1.29, 1.82) is 0 Å². The van der Waals surface area contributed by atoms with Gasteiger partial charge in [-0.3, -0.25) is 9.59 Å². The number of aryl methyl sites for hydroxylation is 1. The van der Waals surface area contributed by atoms with E-state index in [1.165, 1.54) is 4.90 Å². The van der Waals surface area contributed by atoms with Crippen LogP contribution in [-0.4, -0.2) is 17.9 Å². The third kappa shape index (κ3) is 4.25. The summed E-state index contributed by atoms with van der Waals surface area (Å²) in [5.41, 5.74) is 3.15. The molecule has 0 radical (unpaired) electrons. The van der Waals surface area contributed by atoms with Gasteiger partial charge in [0.25, 0.3) is 11.8 Å². The summed E-state index contributed by atoms with van der Waals surface area (Å²) in [4.78, 5) is 28.2. The Morgan fingerprint density at radius 1 is 0.906 bits per heavy atom. The van der Waals surface area contributed by atoms with Crippen LogP contribution < -0.4 is 15.0 Å². The quantitative estimate of drug-likeness (QED) is 0.484. The summed E-state index contributed by atoms with van der Waals surface area (Å²) in [6.07, 6.45) is 0.0615. The Balaban J connectivity index is 1.74. The van der Waals surface area contributed by atoms with E-state index < -0.39 is 5.91 Å². The van der Waals surface area contributed by atoms with Gasteiger partial charge in [-0.1, -0.05) is 41.9 Å². The number of anilines is 2. The molecule has 1 heterocycles. The van der Waals surface area contributed by atoms with Crippen LogP contribution in [0.4, 0.5) is 11.4 Å². The van der Waals surface area contributed by atoms with Crippen LogP contribution in [-0.2, 0) is 9.59 Å². The van der Waals surface area contributed by atoms with Gasteiger partial charge in [-0.15, -0.1) is 0 Å². The molecule has 0 aromatic heterocycles. The Labute approximate surface area is 192 Å². The number of nitrogens with zero attached hydrogens (tertiary/aromatic N) is 1. The minimum absolute atomic E-state index is 0.0615. The number of halogens is 1. The molecule has 6 heteroatoms. The van der Waals surface area contributed by atoms with Crippen LogP contribution in [0.1, 0.15) is 25.0 Å². The third-order valence-corrected chi connectivity index (χ3v) is 5.28. The summed E-state index contributed by atoms with van der Waals surface area (Å²) in [6.45, 7) is 5.74. The van der Waals surface area contributed by atoms with Crippen molar-refractivity contribution < 1.29 is 14.3 Å². The smallest absolute Gasteiger partial charge is 0.282 e. The molecule has 162 valence electrons. The van der Waals surface area contributed by atoms with Gasteiger partial charge >= 0.3 is 0 Å². The third-order valence-electron chi connectivity index (χ3n) is 5.04. The zero-order valence-electron chi connectivity index (χ0n) is 18.1. The lowest BCUT2D eigenvalue weighted by atomic mass is 10.0. The zero-order valence-corrected chi connectivity index (χ0v) is 18.8. The van der Waals surface area contributed by atoms with Crippen molar-refractivity contribution in [3.63, 3.8) is 0 Å². The molecule has 0 saturated carbocycles. The largest absolute Gasteiger partial charge is 0.491 e. The summed E-state index contributed by atoms with van der Waals surface area (Å²) >= 11 is 6.08. The Hall–Kier alpha value is -3.57. The Morgan fingerprint density at radius 3 is 2.22 bits per heavy atom. The van der Waals surface area contributed by atoms with Crippen molar-refractivity contribution in [3.8, 4) is 5.75 Å². The van der Waals surface area contributed by atoms with E-state index in [0.29, 0.717) is 27.5 Å². The van der Waals surface area contributed by atoms with E-state index >= 15 is 0 Å². The maximum absolute atomic E-state index is 13.5. The number of imide groups is 1. The lowest BCUT2D eigenvalue weighted by Crippen LogP contribution is -2.33. The number of hydrogen-bond donors (Lipinski definition) is 1. The van der Waals surface area contributed by atoms with Crippen LogP contribution in [0.3, 0.4) is 0 Å². The normalized spacial score (nSPS) is 13.8. The van der Waals surface area contributed by atoms with Crippen LogP contribution in [0.2, 0.25) is 5.02 Å². The van der Waals surface area contributed by atoms with Gasteiger partial charge in [-0.25, -0.2) is 4.90 Å². The predicted octanol–water partition coefficient (Wildman–Crippen LogP) is 5.83. The van der Waals surface area contributed by atoms with E-state index in [1.807, 2.05) is 75.4 Å². The van der Waals surface area contributed by atoms with E-state index in [9.17, 15) is 9.59 Å². The summed E-state index contributed by atoms with van der Waals surface area (Å²) in [7, 11) is 0. The van der Waals surface area contributed by atoms with Crippen molar-refractivity contribution >= 4 is 40.4 Å². The Bertz CT molecular complexity index is 1200. The topological polar surface area (TPSA) is 58.6 Å². The lowest BCUT2D eigenvalue weighted by molar-refractivity contribution is -0.120. The molecule has 0 aliphatic carbocycles. The lowest BCUT2D eigenvalue weighted by Gasteiger charge is -2.18. The predicted molar refractivity (Wildman–Crippen MR) is 128 cm³/mol. The number of benzene rings is 3. The van der Waals surface area contributed by atoms with Crippen LogP contribution in [0.5, 0.6) is 5.75 Å². The second kappa shape index (κ2) is 8.89. The highest BCUT2D eigenvalue weighted by Gasteiger charge is 2.40. The van der Waals surface area contributed by atoms with E-state index in [4.69, 9.17) is 16.3 Å². The Morgan fingerprint density at radius 2 is 1.59 bits per heavy atom. The fraction of sp³-hybridized carbons (Fsp3) is 0.154. The summed E-state index contributed by atoms with van der Waals surface area (Å²) in [5.74, 6) is -0.0641. The summed E-state index contributed by atoms with van der Waals surface area (Å²) < 4.78 is 5.69. The molecule has 1 aliphatic heterocycles. The molecule has 0 atom stereocenters. The molecular weight excluding hydrogens is 424 g/mol. The first-order valence-electron chi connectivity index (χ1n) is 10.3. The van der Waals surface area contributed by atoms with Gasteiger partial charge in [0.1, 0.15) is 11.4 Å². The van der Waals surface area contributed by atoms with Gasteiger partial charge in [0.05, 0.1) is 17.4 Å². The highest BCUT2D eigenvalue weighted by Crippen LogP contribution is 2.36. The van der Waals surface area contributed by atoms with Crippen LogP contribution in [0.15, 0.2) is 78.5 Å². The summed E-state index contributed by atoms with van der Waals surface area (Å²) in [5, 5.41) is 3.71. The molecule has 0 fully saturated rings. The van der Waals surface area contributed by atoms with Crippen molar-refractivity contribution in [3.05, 3.63) is 94.6 Å². The van der Waals surface area contributed by atoms with Gasteiger partial charge in [0.15, 0.2) is 0 Å². The summed E-state index contributed by atoms with van der Waals surface area (Å²) in [6, 6.07) is 21.6. The van der Waals surface area contributed by atoms with E-state index in [2.05, 4.69) is 5.32 Å². The van der Waals surface area contributed by atoms with E-state index in [1.54, 1.807) is 18.2 Å². The molecule has 4 rings (SSSR count). The second-order valence-electron chi connectivity index (χ2n) is 7.81. The number of amides is 2. The maximum Gasteiger partial charge on any atom is 0.282 e. The number of nitrogens with one attached hydrogen (secondary N) is 1. The van der Waals surface area contributed by atoms with Crippen molar-refractivity contribution in [2.75, 3.05) is 10.2 Å². The number of ether oxygens (including phenoxy) is 1. The van der Waals surface area contributed by atoms with Crippen molar-refractivity contribution in [2.45, 2.75) is 26.9 Å². The molecule has 0 bridgehead atoms. The first-order valence-corrected chi connectivity index (χ1v) is 10.7. The molecule has 3 aromatic rings. The fourth-order valence-corrected chi connectivity index (χ4v) is 3.87. The van der Waals surface area contributed by atoms with Gasteiger partial charge in [-0.2, -0.15) is 0 Å². The molecule has 32 heavy (non-hydrogen) atoms. The van der Waals surface area contributed by atoms with Gasteiger partial charge < -0.3 is 10.1 Å². The average Bonchev–Trinajstić information content (AvgIpc) is 2.99. The number of rotatable bonds is 6. The Kier molecular flexibility index (Phi) is 6.01. The minimum Gasteiger partial charge on any atom is -0.491 e. The first-order chi connectivity index (χ1) is 15.3. The second-order valence-corrected chi connectivity index (χ2v) is 8.24. The van der Waals surface area contributed by atoms with E-state index in [-0.39, 0.29) is 17.7 Å². The molecule has 1 aliphatic rings. The maximum atomic E-state index is 13.5. The van der Waals surface area contributed by atoms with Crippen LogP contribution in [0, 0.1) is 6.92 Å². The average molecular weight is 447 g/mol. The molecule has 0 unspecified atom stereocenters. The van der Waals surface area contributed by atoms with Gasteiger partial charge in [0.2, 0.25) is 0 Å². The van der Waals surface area contributed by atoms with Crippen LogP contribution in [0.25, 0.3) is 5.57 Å². The standard InChI is InChI=1S/C26H23ClN2O3/c1-16(2)32-21-12-10-20(11-13-21)28-24-23(18-7-5-4-6-8-18)25(30)29(26(24)31)22-14-9-19(27)15-17(22)3/h4-16,28H,1-3H3. The van der Waals surface area contributed by atoms with Crippen molar-refractivity contribution in [2.24, 2.45) is 0 Å². The number of carbonyl (C=O) groups excluding carboxylic acids is 2. The molecule has 0 saturated heterocycles. The van der Waals surface area contributed by atoms with Gasteiger partial charge in [-0.05, 0) is 74.4 Å².